The summed E-state index contributed by atoms with van der Waals surface area (Å²) < 4.78 is 5.23. The van der Waals surface area contributed by atoms with Crippen molar-refractivity contribution in [1.82, 2.24) is 0 Å². The largest absolute Gasteiger partial charge is 0.450 e. The predicted molar refractivity (Wildman–Crippen MR) is 50.3 cm³/mol. The van der Waals surface area contributed by atoms with Crippen LogP contribution in [0.4, 0.5) is 0 Å². The van der Waals surface area contributed by atoms with Crippen LogP contribution in [0.15, 0.2) is 16.5 Å². The zero-order chi connectivity index (χ0) is 9.19. The highest BCUT2D eigenvalue weighted by Gasteiger charge is 2.18. The molecule has 0 aliphatic heterocycles. The molecular formula is C9H14ClNO. The van der Waals surface area contributed by atoms with Crippen molar-refractivity contribution in [2.75, 3.05) is 6.54 Å². The maximum Gasteiger partial charge on any atom is 0.193 e. The Morgan fingerprint density at radius 3 is 2.58 bits per heavy atom. The highest BCUT2D eigenvalue weighted by molar-refractivity contribution is 6.28. The van der Waals surface area contributed by atoms with Gasteiger partial charge in [0.05, 0.1) is 0 Å². The van der Waals surface area contributed by atoms with Crippen LogP contribution in [0.2, 0.25) is 5.22 Å². The average Bonchev–Trinajstić information content (AvgIpc) is 2.35. The summed E-state index contributed by atoms with van der Waals surface area (Å²) in [7, 11) is 0. The molecule has 1 aromatic heterocycles. The van der Waals surface area contributed by atoms with Gasteiger partial charge in [-0.1, -0.05) is 13.8 Å². The molecule has 0 unspecified atom stereocenters. The summed E-state index contributed by atoms with van der Waals surface area (Å²) in [6, 6.07) is 3.64. The van der Waals surface area contributed by atoms with Crippen LogP contribution >= 0.6 is 11.6 Å². The summed E-state index contributed by atoms with van der Waals surface area (Å²) in [5.41, 5.74) is 5.67. The second kappa shape index (κ2) is 3.50. The molecule has 0 fully saturated rings. The van der Waals surface area contributed by atoms with Gasteiger partial charge in [0.15, 0.2) is 5.22 Å². The summed E-state index contributed by atoms with van der Waals surface area (Å²) in [4.78, 5) is 0. The van der Waals surface area contributed by atoms with Gasteiger partial charge in [0.25, 0.3) is 0 Å². The van der Waals surface area contributed by atoms with E-state index < -0.39 is 0 Å². The first kappa shape index (κ1) is 9.62. The Balaban J connectivity index is 2.63. The fourth-order valence-corrected chi connectivity index (χ4v) is 1.15. The Morgan fingerprint density at radius 2 is 2.17 bits per heavy atom. The molecule has 0 spiro atoms. The van der Waals surface area contributed by atoms with Crippen LogP contribution < -0.4 is 5.73 Å². The molecular weight excluding hydrogens is 174 g/mol. The molecule has 1 aromatic rings. The van der Waals surface area contributed by atoms with Gasteiger partial charge in [-0.05, 0) is 35.7 Å². The van der Waals surface area contributed by atoms with Gasteiger partial charge in [-0.2, -0.15) is 0 Å². The lowest BCUT2D eigenvalue weighted by Gasteiger charge is -2.20. The molecule has 0 aromatic carbocycles. The fourth-order valence-electron chi connectivity index (χ4n) is 0.991. The minimum Gasteiger partial charge on any atom is -0.450 e. The number of hydrogen-bond acceptors (Lipinski definition) is 2. The zero-order valence-electron chi connectivity index (χ0n) is 7.43. The number of furan rings is 1. The maximum absolute atomic E-state index is 5.63. The quantitative estimate of drug-likeness (QED) is 0.790. The van der Waals surface area contributed by atoms with Crippen LogP contribution in [-0.4, -0.2) is 6.54 Å². The second-order valence-corrected chi connectivity index (χ2v) is 4.12. The molecule has 0 saturated heterocycles. The Hall–Kier alpha value is -0.470. The van der Waals surface area contributed by atoms with E-state index in [2.05, 4.69) is 13.8 Å². The van der Waals surface area contributed by atoms with E-state index in [0.717, 1.165) is 12.2 Å². The van der Waals surface area contributed by atoms with E-state index in [-0.39, 0.29) is 5.41 Å². The molecule has 68 valence electrons. The van der Waals surface area contributed by atoms with Crippen LogP contribution in [0.25, 0.3) is 0 Å². The lowest BCUT2D eigenvalue weighted by molar-refractivity contribution is 0.339. The summed E-state index contributed by atoms with van der Waals surface area (Å²) in [5.74, 6) is 0.899. The molecule has 0 saturated carbocycles. The molecule has 0 radical (unpaired) electrons. The number of halogens is 1. The van der Waals surface area contributed by atoms with Crippen molar-refractivity contribution in [2.24, 2.45) is 11.1 Å². The monoisotopic (exact) mass is 187 g/mol. The average molecular weight is 188 g/mol. The summed E-state index contributed by atoms with van der Waals surface area (Å²) in [6.45, 7) is 4.85. The molecule has 1 heterocycles. The zero-order valence-corrected chi connectivity index (χ0v) is 8.19. The van der Waals surface area contributed by atoms with Gasteiger partial charge >= 0.3 is 0 Å². The van der Waals surface area contributed by atoms with E-state index in [4.69, 9.17) is 21.8 Å². The Kier molecular flexibility index (Phi) is 2.80. The van der Waals surface area contributed by atoms with Gasteiger partial charge in [0.1, 0.15) is 5.76 Å². The lowest BCUT2D eigenvalue weighted by atomic mass is 9.88. The van der Waals surface area contributed by atoms with E-state index in [1.54, 1.807) is 6.07 Å². The summed E-state index contributed by atoms with van der Waals surface area (Å²) in [5, 5.41) is 0.442. The third kappa shape index (κ3) is 2.54. The lowest BCUT2D eigenvalue weighted by Crippen LogP contribution is -2.25. The van der Waals surface area contributed by atoms with Crippen LogP contribution in [0.1, 0.15) is 19.6 Å². The molecule has 0 aliphatic carbocycles. The van der Waals surface area contributed by atoms with E-state index in [9.17, 15) is 0 Å². The van der Waals surface area contributed by atoms with Crippen LogP contribution in [0, 0.1) is 5.41 Å². The van der Waals surface area contributed by atoms with Gasteiger partial charge in [-0.25, -0.2) is 0 Å². The minimum atomic E-state index is 0.0845. The van der Waals surface area contributed by atoms with Crippen LogP contribution in [0.5, 0.6) is 0 Å². The topological polar surface area (TPSA) is 39.2 Å². The Labute approximate surface area is 77.7 Å². The summed E-state index contributed by atoms with van der Waals surface area (Å²) in [6.07, 6.45) is 0.830. The third-order valence-electron chi connectivity index (χ3n) is 1.83. The van der Waals surface area contributed by atoms with Crippen molar-refractivity contribution < 1.29 is 4.42 Å². The number of nitrogens with two attached hydrogens (primary N) is 1. The molecule has 3 heteroatoms. The first-order valence-corrected chi connectivity index (χ1v) is 4.35. The van der Waals surface area contributed by atoms with Crippen molar-refractivity contribution in [3.8, 4) is 0 Å². The van der Waals surface area contributed by atoms with Crippen LogP contribution in [0.3, 0.4) is 0 Å². The van der Waals surface area contributed by atoms with Gasteiger partial charge in [0, 0.05) is 6.42 Å². The van der Waals surface area contributed by atoms with E-state index >= 15 is 0 Å². The van der Waals surface area contributed by atoms with Gasteiger partial charge in [-0.3, -0.25) is 0 Å². The molecule has 2 nitrogen and oxygen atoms in total. The summed E-state index contributed by atoms with van der Waals surface area (Å²) >= 11 is 5.63. The highest BCUT2D eigenvalue weighted by Crippen LogP contribution is 2.23. The van der Waals surface area contributed by atoms with E-state index in [0.29, 0.717) is 11.8 Å². The van der Waals surface area contributed by atoms with Crippen LogP contribution in [-0.2, 0) is 6.42 Å². The minimum absolute atomic E-state index is 0.0845. The van der Waals surface area contributed by atoms with Crippen molar-refractivity contribution in [3.63, 3.8) is 0 Å². The second-order valence-electron chi connectivity index (χ2n) is 3.75. The smallest absolute Gasteiger partial charge is 0.193 e. The van der Waals surface area contributed by atoms with Crippen molar-refractivity contribution in [3.05, 3.63) is 23.1 Å². The first-order chi connectivity index (χ1) is 5.53. The molecule has 1 rings (SSSR count). The standard InChI is InChI=1S/C9H14ClNO/c1-9(2,6-11)5-7-3-4-8(10)12-7/h3-4H,5-6,11H2,1-2H3. The molecule has 0 aliphatic rings. The number of hydrogen-bond donors (Lipinski definition) is 1. The molecule has 2 N–H and O–H groups in total. The molecule has 0 atom stereocenters. The predicted octanol–water partition coefficient (Wildman–Crippen LogP) is 2.46. The normalized spacial score (nSPS) is 12.0. The van der Waals surface area contributed by atoms with Gasteiger partial charge < -0.3 is 10.2 Å². The van der Waals surface area contributed by atoms with E-state index in [1.165, 1.54) is 0 Å². The van der Waals surface area contributed by atoms with Gasteiger partial charge in [-0.15, -0.1) is 0 Å². The maximum atomic E-state index is 5.63. The van der Waals surface area contributed by atoms with Crippen molar-refractivity contribution in [1.29, 1.82) is 0 Å². The first-order valence-electron chi connectivity index (χ1n) is 3.98. The van der Waals surface area contributed by atoms with E-state index in [1.807, 2.05) is 6.07 Å². The Bertz CT molecular complexity index is 255. The molecule has 12 heavy (non-hydrogen) atoms. The highest BCUT2D eigenvalue weighted by atomic mass is 35.5. The number of rotatable bonds is 3. The fraction of sp³-hybridized carbons (Fsp3) is 0.556. The van der Waals surface area contributed by atoms with Crippen molar-refractivity contribution in [2.45, 2.75) is 20.3 Å². The Morgan fingerprint density at radius 1 is 1.50 bits per heavy atom. The van der Waals surface area contributed by atoms with Crippen molar-refractivity contribution >= 4 is 11.6 Å². The molecule has 0 amide bonds. The molecule has 0 bridgehead atoms. The third-order valence-corrected chi connectivity index (χ3v) is 2.04. The SMILES string of the molecule is CC(C)(CN)Cc1ccc(Cl)o1. The van der Waals surface area contributed by atoms with Gasteiger partial charge in [0.2, 0.25) is 0 Å².